The number of nitrogens with one attached hydrogen (secondary N) is 2. The fourth-order valence-electron chi connectivity index (χ4n) is 3.42. The molecule has 0 bridgehead atoms. The zero-order valence-corrected chi connectivity index (χ0v) is 17.7. The number of aliphatic imine (C=N–C) groups is 1. The Hall–Kier alpha value is -2.90. The highest BCUT2D eigenvalue weighted by Crippen LogP contribution is 2.13. The Bertz CT molecular complexity index is 846. The summed E-state index contributed by atoms with van der Waals surface area (Å²) in [4.78, 5) is 18.7. The maximum Gasteiger partial charge on any atom is 0.222 e. The summed E-state index contributed by atoms with van der Waals surface area (Å²) < 4.78 is 1.94. The average Bonchev–Trinajstić information content (AvgIpc) is 3.33. The number of aromatic nitrogens is 3. The second-order valence-corrected chi connectivity index (χ2v) is 7.49. The third kappa shape index (κ3) is 5.34. The SMILES string of the molecule is CCC(=O)N1CCC(NC(=NCc2nnc(C)n2C)NC(C)c2ccccc2)C1. The first-order chi connectivity index (χ1) is 14.0. The molecule has 2 N–H and O–H groups in total. The Morgan fingerprint density at radius 3 is 2.72 bits per heavy atom. The molecule has 8 heteroatoms. The summed E-state index contributed by atoms with van der Waals surface area (Å²) in [6.07, 6.45) is 1.46. The topological polar surface area (TPSA) is 87.4 Å². The summed E-state index contributed by atoms with van der Waals surface area (Å²) in [5.74, 6) is 2.59. The van der Waals surface area contributed by atoms with Gasteiger partial charge in [-0.15, -0.1) is 10.2 Å². The highest BCUT2D eigenvalue weighted by Gasteiger charge is 2.26. The van der Waals surface area contributed by atoms with Crippen LogP contribution in [0.5, 0.6) is 0 Å². The molecular formula is C21H31N7O. The highest BCUT2D eigenvalue weighted by molar-refractivity contribution is 5.81. The van der Waals surface area contributed by atoms with E-state index >= 15 is 0 Å². The van der Waals surface area contributed by atoms with Crippen molar-refractivity contribution in [2.75, 3.05) is 13.1 Å². The zero-order valence-electron chi connectivity index (χ0n) is 17.7. The number of hydrogen-bond donors (Lipinski definition) is 2. The first-order valence-corrected chi connectivity index (χ1v) is 10.2. The highest BCUT2D eigenvalue weighted by atomic mass is 16.2. The van der Waals surface area contributed by atoms with Gasteiger partial charge >= 0.3 is 0 Å². The quantitative estimate of drug-likeness (QED) is 0.574. The van der Waals surface area contributed by atoms with E-state index in [-0.39, 0.29) is 18.0 Å². The number of guanidine groups is 1. The van der Waals surface area contributed by atoms with Crippen LogP contribution in [0.1, 0.15) is 49.9 Å². The predicted molar refractivity (Wildman–Crippen MR) is 113 cm³/mol. The molecule has 2 unspecified atom stereocenters. The lowest BCUT2D eigenvalue weighted by molar-refractivity contribution is -0.129. The smallest absolute Gasteiger partial charge is 0.222 e. The number of carbonyl (C=O) groups is 1. The van der Waals surface area contributed by atoms with E-state index in [1.165, 1.54) is 5.56 Å². The van der Waals surface area contributed by atoms with Crippen molar-refractivity contribution < 1.29 is 4.79 Å². The number of benzene rings is 1. The summed E-state index contributed by atoms with van der Waals surface area (Å²) in [5.41, 5.74) is 1.19. The monoisotopic (exact) mass is 397 g/mol. The lowest BCUT2D eigenvalue weighted by Crippen LogP contribution is -2.45. The maximum absolute atomic E-state index is 12.0. The van der Waals surface area contributed by atoms with E-state index in [1.807, 2.05) is 48.6 Å². The Morgan fingerprint density at radius 1 is 1.31 bits per heavy atom. The standard InChI is InChI=1S/C21H31N7O/c1-5-20(29)28-12-11-18(14-28)24-21(22-13-19-26-25-16(3)27(19)4)23-15(2)17-9-7-6-8-10-17/h6-10,15,18H,5,11-14H2,1-4H3,(H2,22,23,24). The van der Waals surface area contributed by atoms with Crippen molar-refractivity contribution in [3.63, 3.8) is 0 Å². The van der Waals surface area contributed by atoms with Gasteiger partial charge in [-0.2, -0.15) is 0 Å². The van der Waals surface area contributed by atoms with Gasteiger partial charge in [0.25, 0.3) is 0 Å². The van der Waals surface area contributed by atoms with E-state index in [1.54, 1.807) is 0 Å². The molecule has 1 fully saturated rings. The van der Waals surface area contributed by atoms with Gasteiger partial charge < -0.3 is 20.1 Å². The Balaban J connectivity index is 1.71. The summed E-state index contributed by atoms with van der Waals surface area (Å²) in [7, 11) is 1.94. The Kier molecular flexibility index (Phi) is 6.85. The van der Waals surface area contributed by atoms with Gasteiger partial charge in [-0.1, -0.05) is 37.3 Å². The molecule has 156 valence electrons. The molecule has 0 radical (unpaired) electrons. The average molecular weight is 398 g/mol. The molecular weight excluding hydrogens is 366 g/mol. The molecule has 2 aromatic rings. The van der Waals surface area contributed by atoms with E-state index < -0.39 is 0 Å². The summed E-state index contributed by atoms with van der Waals surface area (Å²) in [6, 6.07) is 10.5. The maximum atomic E-state index is 12.0. The van der Waals surface area contributed by atoms with E-state index in [2.05, 4.69) is 39.9 Å². The molecule has 2 atom stereocenters. The van der Waals surface area contributed by atoms with Crippen molar-refractivity contribution in [2.24, 2.45) is 12.0 Å². The van der Waals surface area contributed by atoms with Crippen molar-refractivity contribution in [1.29, 1.82) is 0 Å². The van der Waals surface area contributed by atoms with Gasteiger partial charge in [0.05, 0.1) is 6.04 Å². The molecule has 8 nitrogen and oxygen atoms in total. The van der Waals surface area contributed by atoms with Gasteiger partial charge in [0, 0.05) is 32.6 Å². The molecule has 0 aliphatic carbocycles. The van der Waals surface area contributed by atoms with E-state index in [0.29, 0.717) is 19.5 Å². The first-order valence-electron chi connectivity index (χ1n) is 10.2. The van der Waals surface area contributed by atoms with Crippen LogP contribution in [-0.2, 0) is 18.4 Å². The van der Waals surface area contributed by atoms with Crippen LogP contribution < -0.4 is 10.6 Å². The fraction of sp³-hybridized carbons (Fsp3) is 0.524. The predicted octanol–water partition coefficient (Wildman–Crippen LogP) is 1.93. The van der Waals surface area contributed by atoms with Crippen molar-refractivity contribution >= 4 is 11.9 Å². The molecule has 1 saturated heterocycles. The van der Waals surface area contributed by atoms with Gasteiger partial charge in [-0.05, 0) is 25.8 Å². The Morgan fingerprint density at radius 2 is 2.07 bits per heavy atom. The molecule has 1 aromatic heterocycles. The number of rotatable bonds is 6. The van der Waals surface area contributed by atoms with Crippen LogP contribution in [0.2, 0.25) is 0 Å². The van der Waals surface area contributed by atoms with Crippen LogP contribution in [0.4, 0.5) is 0 Å². The minimum absolute atomic E-state index is 0.0958. The first kappa shape index (κ1) is 20.8. The second-order valence-electron chi connectivity index (χ2n) is 7.49. The van der Waals surface area contributed by atoms with Crippen LogP contribution in [-0.4, -0.2) is 50.7 Å². The molecule has 0 spiro atoms. The van der Waals surface area contributed by atoms with Crippen molar-refractivity contribution in [3.05, 3.63) is 47.5 Å². The number of likely N-dealkylation sites (tertiary alicyclic amines) is 1. The molecule has 1 aliphatic heterocycles. The van der Waals surface area contributed by atoms with Gasteiger partial charge in [0.15, 0.2) is 11.8 Å². The molecule has 29 heavy (non-hydrogen) atoms. The molecule has 1 aliphatic rings. The van der Waals surface area contributed by atoms with Gasteiger partial charge in [-0.25, -0.2) is 4.99 Å². The summed E-state index contributed by atoms with van der Waals surface area (Å²) in [6.45, 7) is 7.86. The molecule has 1 amide bonds. The third-order valence-corrected chi connectivity index (χ3v) is 5.40. The summed E-state index contributed by atoms with van der Waals surface area (Å²) >= 11 is 0. The fourth-order valence-corrected chi connectivity index (χ4v) is 3.42. The minimum atomic E-state index is 0.0958. The van der Waals surface area contributed by atoms with Gasteiger partial charge in [-0.3, -0.25) is 4.79 Å². The molecule has 3 rings (SSSR count). The normalized spacial score (nSPS) is 18.0. The zero-order chi connectivity index (χ0) is 20.8. The van der Waals surface area contributed by atoms with Crippen LogP contribution in [0.15, 0.2) is 35.3 Å². The van der Waals surface area contributed by atoms with E-state index in [0.717, 1.165) is 30.6 Å². The van der Waals surface area contributed by atoms with E-state index in [9.17, 15) is 4.79 Å². The van der Waals surface area contributed by atoms with Crippen molar-refractivity contribution in [1.82, 2.24) is 30.3 Å². The van der Waals surface area contributed by atoms with Crippen molar-refractivity contribution in [3.8, 4) is 0 Å². The minimum Gasteiger partial charge on any atom is -0.352 e. The molecule has 1 aromatic carbocycles. The number of carbonyl (C=O) groups excluding carboxylic acids is 1. The molecule has 2 heterocycles. The second kappa shape index (κ2) is 9.54. The van der Waals surface area contributed by atoms with Gasteiger partial charge in [0.1, 0.15) is 12.4 Å². The van der Waals surface area contributed by atoms with E-state index in [4.69, 9.17) is 4.99 Å². The van der Waals surface area contributed by atoms with Crippen LogP contribution in [0.25, 0.3) is 0 Å². The third-order valence-electron chi connectivity index (χ3n) is 5.40. The van der Waals surface area contributed by atoms with Gasteiger partial charge in [0.2, 0.25) is 5.91 Å². The Labute approximate surface area is 172 Å². The summed E-state index contributed by atoms with van der Waals surface area (Å²) in [5, 5.41) is 15.3. The number of nitrogens with zero attached hydrogens (tertiary/aromatic N) is 5. The molecule has 0 saturated carbocycles. The lowest BCUT2D eigenvalue weighted by atomic mass is 10.1. The van der Waals surface area contributed by atoms with Crippen LogP contribution >= 0.6 is 0 Å². The number of amides is 1. The number of hydrogen-bond acceptors (Lipinski definition) is 4. The largest absolute Gasteiger partial charge is 0.352 e. The van der Waals surface area contributed by atoms with Crippen LogP contribution in [0, 0.1) is 6.92 Å². The number of aryl methyl sites for hydroxylation is 1. The van der Waals surface area contributed by atoms with Crippen LogP contribution in [0.3, 0.4) is 0 Å². The van der Waals surface area contributed by atoms with Crippen molar-refractivity contribution in [2.45, 2.75) is 52.2 Å². The lowest BCUT2D eigenvalue weighted by Gasteiger charge is -2.22.